The topological polar surface area (TPSA) is 26.3 Å². The van der Waals surface area contributed by atoms with Crippen molar-refractivity contribution < 1.29 is 9.53 Å². The summed E-state index contributed by atoms with van der Waals surface area (Å²) >= 11 is 2.18. The average Bonchev–Trinajstić information content (AvgIpc) is 2.26. The zero-order chi connectivity index (χ0) is 14.2. The number of rotatable bonds is 8. The number of carbonyl (C=O) groups excluding carboxylic acids is 1. The predicted molar refractivity (Wildman–Crippen MR) is 86.1 cm³/mol. The van der Waals surface area contributed by atoms with Crippen LogP contribution in [0.5, 0.6) is 0 Å². The summed E-state index contributed by atoms with van der Waals surface area (Å²) in [5, 5.41) is 0. The fourth-order valence-electron chi connectivity index (χ4n) is 1.72. The van der Waals surface area contributed by atoms with Gasteiger partial charge in [-0.3, -0.25) is 4.79 Å². The Morgan fingerprint density at radius 1 is 1.33 bits per heavy atom. The molecule has 3 heteroatoms. The fourth-order valence-corrected chi connectivity index (χ4v) is 2.50. The molecule has 0 aliphatic carbocycles. The van der Waals surface area contributed by atoms with Crippen molar-refractivity contribution in [1.82, 2.24) is 0 Å². The second-order valence-electron chi connectivity index (χ2n) is 5.68. The van der Waals surface area contributed by atoms with Gasteiger partial charge in [-0.15, -0.1) is 6.58 Å². The highest BCUT2D eigenvalue weighted by molar-refractivity contribution is 14.1. The number of hydrogen-bond acceptors (Lipinski definition) is 2. The van der Waals surface area contributed by atoms with Gasteiger partial charge in [-0.2, -0.15) is 0 Å². The molecule has 0 aromatic rings. The quantitative estimate of drug-likeness (QED) is 0.201. The van der Waals surface area contributed by atoms with E-state index < -0.39 is 5.60 Å². The average molecular weight is 366 g/mol. The molecule has 0 amide bonds. The van der Waals surface area contributed by atoms with Gasteiger partial charge in [-0.05, 0) is 33.1 Å². The highest BCUT2D eigenvalue weighted by Crippen LogP contribution is 2.24. The maximum Gasteiger partial charge on any atom is 0.320 e. The number of hydrogen-bond donors (Lipinski definition) is 0. The van der Waals surface area contributed by atoms with Crippen molar-refractivity contribution in [2.75, 3.05) is 0 Å². The van der Waals surface area contributed by atoms with Gasteiger partial charge in [0.1, 0.15) is 9.53 Å². The molecule has 2 atom stereocenters. The van der Waals surface area contributed by atoms with E-state index >= 15 is 0 Å². The predicted octanol–water partition coefficient (Wildman–Crippen LogP) is 4.90. The summed E-state index contributed by atoms with van der Waals surface area (Å²) in [6.07, 6.45) is 7.81. The van der Waals surface area contributed by atoms with Crippen LogP contribution in [-0.2, 0) is 9.53 Å². The number of carbonyl (C=O) groups is 1. The SMILES string of the molecule is C=C[C@@H](CCCCCC)[C@@H](I)C(=O)OC(C)(C)C. The minimum absolute atomic E-state index is 0.122. The van der Waals surface area contributed by atoms with Gasteiger partial charge in [-0.25, -0.2) is 0 Å². The maximum absolute atomic E-state index is 12.0. The molecule has 0 fully saturated rings. The number of unbranched alkanes of at least 4 members (excludes halogenated alkanes) is 3. The minimum Gasteiger partial charge on any atom is -0.459 e. The molecule has 0 spiro atoms. The van der Waals surface area contributed by atoms with Crippen LogP contribution in [-0.4, -0.2) is 15.5 Å². The first-order chi connectivity index (χ1) is 8.31. The molecule has 106 valence electrons. The van der Waals surface area contributed by atoms with Gasteiger partial charge < -0.3 is 4.74 Å². The van der Waals surface area contributed by atoms with Crippen LogP contribution in [0.4, 0.5) is 0 Å². The van der Waals surface area contributed by atoms with E-state index in [-0.39, 0.29) is 15.8 Å². The number of allylic oxidation sites excluding steroid dienone is 1. The van der Waals surface area contributed by atoms with E-state index in [1.54, 1.807) is 0 Å². The van der Waals surface area contributed by atoms with Crippen molar-refractivity contribution in [2.24, 2.45) is 5.92 Å². The summed E-state index contributed by atoms with van der Waals surface area (Å²) in [6.45, 7) is 11.8. The van der Waals surface area contributed by atoms with E-state index in [0.29, 0.717) is 0 Å². The molecule has 2 nitrogen and oxygen atoms in total. The van der Waals surface area contributed by atoms with Crippen molar-refractivity contribution >= 4 is 28.6 Å². The van der Waals surface area contributed by atoms with Gasteiger partial charge in [-0.1, -0.05) is 61.3 Å². The molecule has 0 bridgehead atoms. The Morgan fingerprint density at radius 2 is 1.94 bits per heavy atom. The van der Waals surface area contributed by atoms with Crippen LogP contribution >= 0.6 is 22.6 Å². The molecule has 18 heavy (non-hydrogen) atoms. The molecule has 0 aromatic carbocycles. The van der Waals surface area contributed by atoms with E-state index in [4.69, 9.17) is 4.74 Å². The molecule has 0 radical (unpaired) electrons. The molecule has 0 saturated heterocycles. The van der Waals surface area contributed by atoms with Gasteiger partial charge in [0, 0.05) is 0 Å². The van der Waals surface area contributed by atoms with E-state index in [9.17, 15) is 4.79 Å². The highest BCUT2D eigenvalue weighted by Gasteiger charge is 2.27. The molecule has 0 unspecified atom stereocenters. The zero-order valence-corrected chi connectivity index (χ0v) is 14.3. The van der Waals surface area contributed by atoms with Crippen molar-refractivity contribution in [3.05, 3.63) is 12.7 Å². The smallest absolute Gasteiger partial charge is 0.320 e. The molecule has 0 rings (SSSR count). The van der Waals surface area contributed by atoms with Crippen molar-refractivity contribution in [2.45, 2.75) is 69.3 Å². The lowest BCUT2D eigenvalue weighted by Gasteiger charge is -2.24. The Morgan fingerprint density at radius 3 is 2.39 bits per heavy atom. The van der Waals surface area contributed by atoms with Crippen LogP contribution in [0.2, 0.25) is 0 Å². The Hall–Kier alpha value is -0.0600. The van der Waals surface area contributed by atoms with Crippen LogP contribution < -0.4 is 0 Å². The first-order valence-electron chi connectivity index (χ1n) is 6.81. The Labute approximate surface area is 126 Å². The summed E-state index contributed by atoms with van der Waals surface area (Å²) < 4.78 is 5.29. The number of ether oxygens (including phenoxy) is 1. The maximum atomic E-state index is 12.0. The normalized spacial score (nSPS) is 14.9. The van der Waals surface area contributed by atoms with Gasteiger partial charge in [0.25, 0.3) is 0 Å². The second-order valence-corrected chi connectivity index (χ2v) is 7.03. The van der Waals surface area contributed by atoms with Crippen LogP contribution in [0.1, 0.15) is 59.8 Å². The third-order valence-corrected chi connectivity index (χ3v) is 4.13. The summed E-state index contributed by atoms with van der Waals surface area (Å²) in [7, 11) is 0. The third-order valence-electron chi connectivity index (χ3n) is 2.70. The van der Waals surface area contributed by atoms with Crippen LogP contribution in [0.25, 0.3) is 0 Å². The minimum atomic E-state index is -0.408. The summed E-state index contributed by atoms with van der Waals surface area (Å²) in [5.41, 5.74) is -0.408. The van der Waals surface area contributed by atoms with Gasteiger partial charge in [0.2, 0.25) is 0 Å². The molecule has 0 aliphatic rings. The number of alkyl halides is 1. The third kappa shape index (κ3) is 8.11. The monoisotopic (exact) mass is 366 g/mol. The largest absolute Gasteiger partial charge is 0.459 e. The highest BCUT2D eigenvalue weighted by atomic mass is 127. The van der Waals surface area contributed by atoms with E-state index in [0.717, 1.165) is 12.8 Å². The van der Waals surface area contributed by atoms with Crippen LogP contribution in [0, 0.1) is 5.92 Å². The van der Waals surface area contributed by atoms with Gasteiger partial charge in [0.15, 0.2) is 0 Å². The summed E-state index contributed by atoms with van der Waals surface area (Å²) in [5.74, 6) is 0.0980. The fraction of sp³-hybridized carbons (Fsp3) is 0.800. The number of halogens is 1. The number of esters is 1. The summed E-state index contributed by atoms with van der Waals surface area (Å²) in [4.78, 5) is 12.0. The Balaban J connectivity index is 4.20. The van der Waals surface area contributed by atoms with E-state index in [1.807, 2.05) is 26.8 Å². The van der Waals surface area contributed by atoms with Gasteiger partial charge >= 0.3 is 5.97 Å². The van der Waals surface area contributed by atoms with Crippen molar-refractivity contribution in [3.63, 3.8) is 0 Å². The van der Waals surface area contributed by atoms with Crippen LogP contribution in [0.15, 0.2) is 12.7 Å². The standard InChI is InChI=1S/C15H27IO2/c1-6-8-9-10-11-12(7-2)13(16)14(17)18-15(3,4)5/h7,12-13H,2,6,8-11H2,1,3-5H3/t12-,13+/m0/s1. The molecule has 0 aromatic heterocycles. The first kappa shape index (κ1) is 17.9. The lowest BCUT2D eigenvalue weighted by atomic mass is 9.97. The van der Waals surface area contributed by atoms with Crippen molar-refractivity contribution in [3.8, 4) is 0 Å². The molecular formula is C15H27IO2. The first-order valence-corrected chi connectivity index (χ1v) is 8.06. The molecule has 0 aliphatic heterocycles. The van der Waals surface area contributed by atoms with E-state index in [2.05, 4.69) is 36.1 Å². The molecule has 0 N–H and O–H groups in total. The van der Waals surface area contributed by atoms with Crippen molar-refractivity contribution in [1.29, 1.82) is 0 Å². The molecular weight excluding hydrogens is 339 g/mol. The molecule has 0 heterocycles. The lowest BCUT2D eigenvalue weighted by molar-refractivity contribution is -0.154. The second kappa shape index (κ2) is 8.94. The van der Waals surface area contributed by atoms with Gasteiger partial charge in [0.05, 0.1) is 0 Å². The van der Waals surface area contributed by atoms with E-state index in [1.165, 1.54) is 19.3 Å². The Bertz CT molecular complexity index is 256. The Kier molecular flexibility index (Phi) is 8.91. The van der Waals surface area contributed by atoms with Crippen LogP contribution in [0.3, 0.4) is 0 Å². The molecule has 0 saturated carbocycles. The lowest BCUT2D eigenvalue weighted by Crippen LogP contribution is -2.32. The zero-order valence-electron chi connectivity index (χ0n) is 12.2. The summed E-state index contributed by atoms with van der Waals surface area (Å²) in [6, 6.07) is 0.